The van der Waals surface area contributed by atoms with E-state index in [-0.39, 0.29) is 17.9 Å². The molecular weight excluding hydrogens is 192 g/mol. The Morgan fingerprint density at radius 2 is 2.00 bits per heavy atom. The summed E-state index contributed by atoms with van der Waals surface area (Å²) in [6, 6.07) is 0. The minimum absolute atomic E-state index is 0.0176. The summed E-state index contributed by atoms with van der Waals surface area (Å²) in [6.45, 7) is 10.7. The summed E-state index contributed by atoms with van der Waals surface area (Å²) in [4.78, 5) is 11.5. The average molecular weight is 216 g/mol. The summed E-state index contributed by atoms with van der Waals surface area (Å²) in [5.74, 6) is 0.104. The number of ether oxygens (including phenoxy) is 1. The second kappa shape index (κ2) is 8.68. The van der Waals surface area contributed by atoms with Crippen LogP contribution < -0.4 is 10.6 Å². The van der Waals surface area contributed by atoms with E-state index >= 15 is 0 Å². The molecule has 1 amide bonds. The summed E-state index contributed by atoms with van der Waals surface area (Å²) < 4.78 is 5.32. The Bertz CT molecular complexity index is 172. The minimum Gasteiger partial charge on any atom is -0.377 e. The first-order valence-corrected chi connectivity index (χ1v) is 5.68. The molecule has 1 unspecified atom stereocenters. The molecule has 15 heavy (non-hydrogen) atoms. The third-order valence-electron chi connectivity index (χ3n) is 2.00. The molecular formula is C11H24N2O2. The number of rotatable bonds is 8. The van der Waals surface area contributed by atoms with Crippen LogP contribution in [0.5, 0.6) is 0 Å². The predicted molar refractivity (Wildman–Crippen MR) is 61.8 cm³/mol. The van der Waals surface area contributed by atoms with Crippen molar-refractivity contribution in [3.8, 4) is 0 Å². The van der Waals surface area contributed by atoms with Crippen molar-refractivity contribution >= 4 is 5.91 Å². The van der Waals surface area contributed by atoms with E-state index in [4.69, 9.17) is 4.74 Å². The standard InChI is InChI=1S/C11H24N2O2/c1-5-12-8-10(4)11(14)13-6-7-15-9(2)3/h9-10,12H,5-8H2,1-4H3,(H,13,14). The third-order valence-corrected chi connectivity index (χ3v) is 2.00. The lowest BCUT2D eigenvalue weighted by molar-refractivity contribution is -0.124. The lowest BCUT2D eigenvalue weighted by Gasteiger charge is -2.13. The Hall–Kier alpha value is -0.610. The van der Waals surface area contributed by atoms with Crippen molar-refractivity contribution in [2.75, 3.05) is 26.2 Å². The molecule has 0 aromatic rings. The van der Waals surface area contributed by atoms with Crippen LogP contribution in [-0.4, -0.2) is 38.3 Å². The van der Waals surface area contributed by atoms with E-state index in [0.717, 1.165) is 13.1 Å². The van der Waals surface area contributed by atoms with Crippen molar-refractivity contribution in [1.29, 1.82) is 0 Å². The molecule has 1 atom stereocenters. The predicted octanol–water partition coefficient (Wildman–Crippen LogP) is 0.773. The van der Waals surface area contributed by atoms with Gasteiger partial charge in [-0.2, -0.15) is 0 Å². The molecule has 2 N–H and O–H groups in total. The van der Waals surface area contributed by atoms with Crippen molar-refractivity contribution in [2.45, 2.75) is 33.8 Å². The van der Waals surface area contributed by atoms with E-state index < -0.39 is 0 Å². The lowest BCUT2D eigenvalue weighted by atomic mass is 10.1. The van der Waals surface area contributed by atoms with E-state index in [1.54, 1.807) is 0 Å². The molecule has 0 rings (SSSR count). The van der Waals surface area contributed by atoms with Crippen LogP contribution in [0.3, 0.4) is 0 Å². The van der Waals surface area contributed by atoms with Gasteiger partial charge in [0.2, 0.25) is 5.91 Å². The monoisotopic (exact) mass is 216 g/mol. The molecule has 0 aromatic heterocycles. The zero-order chi connectivity index (χ0) is 11.7. The summed E-state index contributed by atoms with van der Waals surface area (Å²) in [6.07, 6.45) is 0.223. The van der Waals surface area contributed by atoms with Gasteiger partial charge in [0.15, 0.2) is 0 Å². The number of nitrogens with one attached hydrogen (secondary N) is 2. The highest BCUT2D eigenvalue weighted by Crippen LogP contribution is 1.92. The molecule has 90 valence electrons. The van der Waals surface area contributed by atoms with E-state index in [9.17, 15) is 4.79 Å². The zero-order valence-electron chi connectivity index (χ0n) is 10.3. The highest BCUT2D eigenvalue weighted by atomic mass is 16.5. The Labute approximate surface area is 92.8 Å². The van der Waals surface area contributed by atoms with Gasteiger partial charge in [0, 0.05) is 19.0 Å². The first kappa shape index (κ1) is 14.4. The van der Waals surface area contributed by atoms with Crippen LogP contribution in [0.2, 0.25) is 0 Å². The molecule has 0 spiro atoms. The van der Waals surface area contributed by atoms with Crippen molar-refractivity contribution in [3.63, 3.8) is 0 Å². The molecule has 4 heteroatoms. The molecule has 0 saturated heterocycles. The zero-order valence-corrected chi connectivity index (χ0v) is 10.3. The van der Waals surface area contributed by atoms with Crippen LogP contribution in [0.1, 0.15) is 27.7 Å². The van der Waals surface area contributed by atoms with Gasteiger partial charge in [-0.05, 0) is 20.4 Å². The Morgan fingerprint density at radius 3 is 2.53 bits per heavy atom. The second-order valence-corrected chi connectivity index (χ2v) is 3.92. The minimum atomic E-state index is 0.0176. The molecule has 0 saturated carbocycles. The van der Waals surface area contributed by atoms with Gasteiger partial charge in [-0.25, -0.2) is 0 Å². The Morgan fingerprint density at radius 1 is 1.33 bits per heavy atom. The molecule has 0 aromatic carbocycles. The van der Waals surface area contributed by atoms with Crippen molar-refractivity contribution in [1.82, 2.24) is 10.6 Å². The third kappa shape index (κ3) is 8.39. The maximum absolute atomic E-state index is 11.5. The summed E-state index contributed by atoms with van der Waals surface area (Å²) in [5.41, 5.74) is 0. The van der Waals surface area contributed by atoms with Crippen molar-refractivity contribution < 1.29 is 9.53 Å². The molecule has 0 fully saturated rings. The molecule has 0 aliphatic rings. The molecule has 0 heterocycles. The molecule has 0 aliphatic heterocycles. The van der Waals surface area contributed by atoms with Gasteiger partial charge in [0.05, 0.1) is 12.7 Å². The van der Waals surface area contributed by atoms with E-state index in [1.165, 1.54) is 0 Å². The van der Waals surface area contributed by atoms with Crippen LogP contribution in [0.15, 0.2) is 0 Å². The molecule has 0 aliphatic carbocycles. The number of hydrogen-bond acceptors (Lipinski definition) is 3. The Kier molecular flexibility index (Phi) is 8.33. The summed E-state index contributed by atoms with van der Waals surface area (Å²) in [5, 5.41) is 5.99. The molecule has 0 bridgehead atoms. The van der Waals surface area contributed by atoms with Gasteiger partial charge in [-0.1, -0.05) is 13.8 Å². The number of carbonyl (C=O) groups excluding carboxylic acids is 1. The van der Waals surface area contributed by atoms with Gasteiger partial charge in [0.1, 0.15) is 0 Å². The maximum atomic E-state index is 11.5. The van der Waals surface area contributed by atoms with E-state index in [1.807, 2.05) is 27.7 Å². The fourth-order valence-electron chi connectivity index (χ4n) is 1.10. The van der Waals surface area contributed by atoms with Crippen LogP contribution in [-0.2, 0) is 9.53 Å². The summed E-state index contributed by atoms with van der Waals surface area (Å²) in [7, 11) is 0. The normalized spacial score (nSPS) is 12.9. The van der Waals surface area contributed by atoms with E-state index in [2.05, 4.69) is 10.6 Å². The molecule has 4 nitrogen and oxygen atoms in total. The molecule has 0 radical (unpaired) electrons. The van der Waals surface area contributed by atoms with Crippen molar-refractivity contribution in [2.24, 2.45) is 5.92 Å². The van der Waals surface area contributed by atoms with E-state index in [0.29, 0.717) is 13.2 Å². The fourth-order valence-corrected chi connectivity index (χ4v) is 1.10. The topological polar surface area (TPSA) is 50.4 Å². The first-order valence-electron chi connectivity index (χ1n) is 5.68. The average Bonchev–Trinajstić information content (AvgIpc) is 2.20. The quantitative estimate of drug-likeness (QED) is 0.589. The van der Waals surface area contributed by atoms with Gasteiger partial charge in [-0.3, -0.25) is 4.79 Å². The highest BCUT2D eigenvalue weighted by molar-refractivity contribution is 5.78. The van der Waals surface area contributed by atoms with Crippen LogP contribution >= 0.6 is 0 Å². The van der Waals surface area contributed by atoms with Gasteiger partial charge >= 0.3 is 0 Å². The number of hydrogen-bond donors (Lipinski definition) is 2. The van der Waals surface area contributed by atoms with Gasteiger partial charge in [0.25, 0.3) is 0 Å². The highest BCUT2D eigenvalue weighted by Gasteiger charge is 2.10. The fraction of sp³-hybridized carbons (Fsp3) is 0.909. The van der Waals surface area contributed by atoms with Crippen LogP contribution in [0, 0.1) is 5.92 Å². The van der Waals surface area contributed by atoms with Crippen molar-refractivity contribution in [3.05, 3.63) is 0 Å². The Balaban J connectivity index is 3.47. The largest absolute Gasteiger partial charge is 0.377 e. The lowest BCUT2D eigenvalue weighted by Crippen LogP contribution is -2.37. The SMILES string of the molecule is CCNCC(C)C(=O)NCCOC(C)C. The number of carbonyl (C=O) groups is 1. The first-order chi connectivity index (χ1) is 7.07. The van der Waals surface area contributed by atoms with Gasteiger partial charge in [-0.15, -0.1) is 0 Å². The van der Waals surface area contributed by atoms with Gasteiger partial charge < -0.3 is 15.4 Å². The van der Waals surface area contributed by atoms with Crippen LogP contribution in [0.25, 0.3) is 0 Å². The second-order valence-electron chi connectivity index (χ2n) is 3.92. The summed E-state index contributed by atoms with van der Waals surface area (Å²) >= 11 is 0. The maximum Gasteiger partial charge on any atom is 0.224 e. The van der Waals surface area contributed by atoms with Crippen LogP contribution in [0.4, 0.5) is 0 Å². The number of amides is 1. The smallest absolute Gasteiger partial charge is 0.224 e.